The number of amidine groups is 1. The van der Waals surface area contributed by atoms with E-state index in [4.69, 9.17) is 0 Å². The van der Waals surface area contributed by atoms with Crippen LogP contribution in [0.1, 0.15) is 20.3 Å². The van der Waals surface area contributed by atoms with Crippen molar-refractivity contribution >= 4 is 11.7 Å². The van der Waals surface area contributed by atoms with Crippen LogP contribution in [0.5, 0.6) is 0 Å². The van der Waals surface area contributed by atoms with Gasteiger partial charge in [0, 0.05) is 26.8 Å². The average Bonchev–Trinajstić information content (AvgIpc) is 2.58. The van der Waals surface area contributed by atoms with Gasteiger partial charge in [-0.3, -0.25) is 9.79 Å². The lowest BCUT2D eigenvalue weighted by atomic mass is 10.0. The molecular formula is C15H29N5O. The topological polar surface area (TPSA) is 82.8 Å². The minimum absolute atomic E-state index is 0.0837. The van der Waals surface area contributed by atoms with Crippen molar-refractivity contribution in [1.82, 2.24) is 15.5 Å². The lowest BCUT2D eigenvalue weighted by Crippen LogP contribution is -2.39. The molecule has 1 amide bonds. The molecule has 0 aromatic carbocycles. The van der Waals surface area contributed by atoms with Crippen LogP contribution in [0.2, 0.25) is 0 Å². The molecule has 0 radical (unpaired) electrons. The van der Waals surface area contributed by atoms with E-state index in [2.05, 4.69) is 27.4 Å². The van der Waals surface area contributed by atoms with E-state index in [1.807, 2.05) is 20.0 Å². The van der Waals surface area contributed by atoms with Crippen LogP contribution in [-0.4, -0.2) is 57.4 Å². The number of nitrogens with one attached hydrogen (secondary N) is 2. The Morgan fingerprint density at radius 3 is 2.38 bits per heavy atom. The summed E-state index contributed by atoms with van der Waals surface area (Å²) in [7, 11) is 4.95. The van der Waals surface area contributed by atoms with Crippen molar-refractivity contribution in [3.63, 3.8) is 0 Å². The van der Waals surface area contributed by atoms with E-state index in [0.29, 0.717) is 12.4 Å². The number of carbonyl (C=O) groups is 1. The van der Waals surface area contributed by atoms with Crippen molar-refractivity contribution in [2.75, 3.05) is 40.8 Å². The Labute approximate surface area is 128 Å². The summed E-state index contributed by atoms with van der Waals surface area (Å²) in [5, 5.41) is 6.26. The molecule has 0 bridgehead atoms. The summed E-state index contributed by atoms with van der Waals surface area (Å²) in [4.78, 5) is 17.5. The molecule has 6 nitrogen and oxygen atoms in total. The first-order valence-corrected chi connectivity index (χ1v) is 7.38. The molecule has 0 aliphatic carbocycles. The fourth-order valence-electron chi connectivity index (χ4n) is 1.86. The first-order chi connectivity index (χ1) is 10.2. The highest BCUT2D eigenvalue weighted by molar-refractivity contribution is 6.38. The molecule has 2 aliphatic heterocycles. The Hall–Kier alpha value is -1.66. The predicted molar refractivity (Wildman–Crippen MR) is 89.2 cm³/mol. The largest absolute Gasteiger partial charge is 0.342 e. The third-order valence-corrected chi connectivity index (χ3v) is 2.88. The number of amides is 1. The second kappa shape index (κ2) is 11.0. The monoisotopic (exact) mass is 295 g/mol. The van der Waals surface area contributed by atoms with Gasteiger partial charge < -0.3 is 21.3 Å². The van der Waals surface area contributed by atoms with E-state index in [1.165, 1.54) is 23.1 Å². The normalized spacial score (nSPS) is 16.6. The lowest BCUT2D eigenvalue weighted by Gasteiger charge is -2.21. The third kappa shape index (κ3) is 6.10. The smallest absolute Gasteiger partial charge is 0.288 e. The summed E-state index contributed by atoms with van der Waals surface area (Å²) in [5.41, 5.74) is 7.01. The van der Waals surface area contributed by atoms with Gasteiger partial charge in [0.1, 0.15) is 0 Å². The van der Waals surface area contributed by atoms with E-state index in [-0.39, 0.29) is 5.91 Å². The molecule has 2 heterocycles. The zero-order valence-electron chi connectivity index (χ0n) is 13.9. The number of hydrogen-bond donors (Lipinski definition) is 3. The molecule has 120 valence electrons. The molecule has 0 saturated heterocycles. The summed E-state index contributed by atoms with van der Waals surface area (Å²) >= 11 is 0. The van der Waals surface area contributed by atoms with Gasteiger partial charge in [-0.1, -0.05) is 19.9 Å². The lowest BCUT2D eigenvalue weighted by molar-refractivity contribution is -0.121. The van der Waals surface area contributed by atoms with Crippen LogP contribution < -0.4 is 16.4 Å². The van der Waals surface area contributed by atoms with E-state index in [1.54, 1.807) is 14.1 Å². The van der Waals surface area contributed by atoms with Crippen molar-refractivity contribution in [3.05, 3.63) is 23.4 Å². The summed E-state index contributed by atoms with van der Waals surface area (Å²) in [6.45, 7) is 6.52. The van der Waals surface area contributed by atoms with Crippen LogP contribution in [0, 0.1) is 0 Å². The Morgan fingerprint density at radius 1 is 1.29 bits per heavy atom. The van der Waals surface area contributed by atoms with Gasteiger partial charge in [-0.15, -0.1) is 0 Å². The highest BCUT2D eigenvalue weighted by atomic mass is 16.2. The summed E-state index contributed by atoms with van der Waals surface area (Å²) in [6.07, 6.45) is 5.12. The molecule has 2 rings (SSSR count). The molecule has 2 aliphatic rings. The van der Waals surface area contributed by atoms with Crippen molar-refractivity contribution in [2.24, 2.45) is 10.7 Å². The average molecular weight is 295 g/mol. The van der Waals surface area contributed by atoms with Crippen molar-refractivity contribution in [1.29, 1.82) is 0 Å². The second-order valence-corrected chi connectivity index (χ2v) is 4.36. The number of carbonyl (C=O) groups excluding carboxylic acids is 1. The van der Waals surface area contributed by atoms with Gasteiger partial charge in [0.05, 0.1) is 6.54 Å². The van der Waals surface area contributed by atoms with Crippen LogP contribution in [-0.2, 0) is 4.79 Å². The standard InChI is InChI=1S/C12H18N4O.C2H6.CH5N/c1-16(2)12(17)11-14-7-10(8-15-11)9-3-5-13-6-4-9;2*1-2/h3,7,13H,4-6,8H2,1-2H3,(H,14,15);1-2H3;2H2,1H3. The zero-order valence-corrected chi connectivity index (χ0v) is 13.9. The Morgan fingerprint density at radius 2 is 1.95 bits per heavy atom. The molecule has 0 atom stereocenters. The van der Waals surface area contributed by atoms with Gasteiger partial charge in [0.2, 0.25) is 0 Å². The molecule has 0 spiro atoms. The molecule has 4 N–H and O–H groups in total. The first-order valence-electron chi connectivity index (χ1n) is 7.38. The zero-order chi connectivity index (χ0) is 16.3. The van der Waals surface area contributed by atoms with Crippen molar-refractivity contribution < 1.29 is 4.79 Å². The quantitative estimate of drug-likeness (QED) is 0.692. The SMILES string of the molecule is CC.CN.CN(C)C(=O)C1=NCC(C2=CCNCC2)=CN1. The minimum atomic E-state index is -0.0837. The van der Waals surface area contributed by atoms with Gasteiger partial charge in [-0.25, -0.2) is 0 Å². The summed E-state index contributed by atoms with van der Waals surface area (Å²) in [6, 6.07) is 0. The molecule has 0 aromatic heterocycles. The van der Waals surface area contributed by atoms with Crippen LogP contribution >= 0.6 is 0 Å². The Balaban J connectivity index is 0.000000921. The van der Waals surface area contributed by atoms with Gasteiger partial charge in [-0.05, 0) is 31.2 Å². The minimum Gasteiger partial charge on any atom is -0.342 e. The maximum absolute atomic E-state index is 11.7. The number of rotatable bonds is 2. The van der Waals surface area contributed by atoms with Gasteiger partial charge in [0.25, 0.3) is 5.91 Å². The van der Waals surface area contributed by atoms with Crippen molar-refractivity contribution in [3.8, 4) is 0 Å². The maximum atomic E-state index is 11.7. The fourth-order valence-corrected chi connectivity index (χ4v) is 1.86. The molecule has 0 fully saturated rings. The Kier molecular flexibility index (Phi) is 10.2. The number of aliphatic imine (C=N–C) groups is 1. The van der Waals surface area contributed by atoms with Gasteiger partial charge in [0.15, 0.2) is 5.84 Å². The number of nitrogens with zero attached hydrogens (tertiary/aromatic N) is 2. The number of nitrogens with two attached hydrogens (primary N) is 1. The number of hydrogen-bond acceptors (Lipinski definition) is 5. The van der Waals surface area contributed by atoms with Crippen molar-refractivity contribution in [2.45, 2.75) is 20.3 Å². The maximum Gasteiger partial charge on any atom is 0.288 e. The van der Waals surface area contributed by atoms with E-state index < -0.39 is 0 Å². The molecule has 0 saturated carbocycles. The van der Waals surface area contributed by atoms with Gasteiger partial charge in [-0.2, -0.15) is 0 Å². The van der Waals surface area contributed by atoms with E-state index in [0.717, 1.165) is 19.5 Å². The predicted octanol–water partition coefficient (Wildman–Crippen LogP) is 0.481. The molecule has 6 heteroatoms. The second-order valence-electron chi connectivity index (χ2n) is 4.36. The van der Waals surface area contributed by atoms with Crippen LogP contribution in [0.4, 0.5) is 0 Å². The summed E-state index contributed by atoms with van der Waals surface area (Å²) in [5.74, 6) is 0.341. The van der Waals surface area contributed by atoms with E-state index in [9.17, 15) is 4.79 Å². The van der Waals surface area contributed by atoms with Gasteiger partial charge >= 0.3 is 0 Å². The van der Waals surface area contributed by atoms with Crippen LogP contribution in [0.3, 0.4) is 0 Å². The molecule has 21 heavy (non-hydrogen) atoms. The Bertz CT molecular complexity index is 410. The van der Waals surface area contributed by atoms with Crippen LogP contribution in [0.15, 0.2) is 28.4 Å². The number of likely N-dealkylation sites (N-methyl/N-ethyl adjacent to an activating group) is 1. The highest BCUT2D eigenvalue weighted by Gasteiger charge is 2.17. The van der Waals surface area contributed by atoms with Crippen LogP contribution in [0.25, 0.3) is 0 Å². The first kappa shape index (κ1) is 19.3. The van der Waals surface area contributed by atoms with E-state index >= 15 is 0 Å². The third-order valence-electron chi connectivity index (χ3n) is 2.88. The summed E-state index contributed by atoms with van der Waals surface area (Å²) < 4.78 is 0. The molecule has 0 unspecified atom stereocenters. The highest BCUT2D eigenvalue weighted by Crippen LogP contribution is 2.17. The molecule has 0 aromatic rings. The molecular weight excluding hydrogens is 266 g/mol. The fraction of sp³-hybridized carbons (Fsp3) is 0.600.